The number of hydrogen-bond acceptors (Lipinski definition) is 12. The van der Waals surface area contributed by atoms with Crippen molar-refractivity contribution in [2.45, 2.75) is 44.6 Å². The van der Waals surface area contributed by atoms with Gasteiger partial charge in [0, 0.05) is 23.1 Å². The number of aromatic amines is 1. The van der Waals surface area contributed by atoms with Crippen LogP contribution in [0.2, 0.25) is 0 Å². The quantitative estimate of drug-likeness (QED) is 0.137. The van der Waals surface area contributed by atoms with Gasteiger partial charge in [0.15, 0.2) is 11.5 Å². The highest BCUT2D eigenvalue weighted by atomic mass is 16.6. The highest BCUT2D eigenvalue weighted by Gasteiger charge is 2.37. The molecule has 1 N–H and O–H groups in total. The molecule has 16 heteroatoms. The Hall–Kier alpha value is -4.82. The molecule has 0 radical (unpaired) electrons. The molecule has 16 nitrogen and oxygen atoms in total. The molecule has 3 rings (SSSR count). The molecule has 2 aromatic rings. The average Bonchev–Trinajstić information content (AvgIpc) is 3.34. The van der Waals surface area contributed by atoms with Crippen molar-refractivity contribution in [2.75, 3.05) is 27.9 Å². The molecule has 1 fully saturated rings. The van der Waals surface area contributed by atoms with Gasteiger partial charge in [0.2, 0.25) is 5.75 Å². The number of carbonyl (C=O) groups excluding carboxylic acids is 3. The van der Waals surface area contributed by atoms with Crippen LogP contribution in [0.3, 0.4) is 0 Å². The molecule has 2 heterocycles. The van der Waals surface area contributed by atoms with Gasteiger partial charge in [0.25, 0.3) is 5.56 Å². The van der Waals surface area contributed by atoms with Crippen molar-refractivity contribution < 1.29 is 42.8 Å². The SMILES string of the molecule is COc1cc(C(=O)OC(=O)CCC(=O)OC[C@H]2O[C@@H](n3cc(C)c(=O)[nH]c3=O)C[C@@H]2N=[N+]=[N-])cc(OC)c1OC. The normalized spacial score (nSPS) is 17.9. The van der Waals surface area contributed by atoms with Crippen molar-refractivity contribution in [1.29, 1.82) is 0 Å². The van der Waals surface area contributed by atoms with Crippen molar-refractivity contribution >= 4 is 17.9 Å². The monoisotopic (exact) mass is 561 g/mol. The minimum atomic E-state index is -0.993. The second-order valence-electron chi connectivity index (χ2n) is 8.47. The van der Waals surface area contributed by atoms with E-state index in [0.29, 0.717) is 0 Å². The van der Waals surface area contributed by atoms with E-state index in [-0.39, 0.29) is 41.4 Å². The first kappa shape index (κ1) is 29.7. The largest absolute Gasteiger partial charge is 0.493 e. The summed E-state index contributed by atoms with van der Waals surface area (Å²) in [6, 6.07) is 1.84. The fraction of sp³-hybridized carbons (Fsp3) is 0.458. The summed E-state index contributed by atoms with van der Waals surface area (Å²) >= 11 is 0. The molecule has 0 amide bonds. The van der Waals surface area contributed by atoms with Crippen LogP contribution in [0.1, 0.15) is 41.4 Å². The summed E-state index contributed by atoms with van der Waals surface area (Å²) in [5, 5.41) is 3.64. The highest BCUT2D eigenvalue weighted by Crippen LogP contribution is 2.38. The van der Waals surface area contributed by atoms with Crippen LogP contribution in [-0.2, 0) is 23.8 Å². The smallest absolute Gasteiger partial charge is 0.346 e. The lowest BCUT2D eigenvalue weighted by molar-refractivity contribution is -0.151. The Morgan fingerprint density at radius 1 is 1.10 bits per heavy atom. The van der Waals surface area contributed by atoms with E-state index in [1.807, 2.05) is 0 Å². The number of nitrogens with zero attached hydrogens (tertiary/aromatic N) is 4. The van der Waals surface area contributed by atoms with Gasteiger partial charge in [-0.3, -0.25) is 23.9 Å². The van der Waals surface area contributed by atoms with Crippen molar-refractivity contribution in [3.8, 4) is 17.2 Å². The van der Waals surface area contributed by atoms with Gasteiger partial charge in [-0.15, -0.1) is 0 Å². The molecule has 0 bridgehead atoms. The third-order valence-corrected chi connectivity index (χ3v) is 5.91. The number of rotatable bonds is 11. The second kappa shape index (κ2) is 13.3. The second-order valence-corrected chi connectivity index (χ2v) is 8.47. The predicted octanol–water partition coefficient (Wildman–Crippen LogP) is 1.54. The molecule has 1 aromatic heterocycles. The Bertz CT molecular complexity index is 1420. The van der Waals surface area contributed by atoms with Gasteiger partial charge in [-0.05, 0) is 24.6 Å². The van der Waals surface area contributed by atoms with Gasteiger partial charge in [0.05, 0.1) is 45.8 Å². The van der Waals surface area contributed by atoms with Crippen molar-refractivity contribution in [1.82, 2.24) is 9.55 Å². The summed E-state index contributed by atoms with van der Waals surface area (Å²) in [5.41, 5.74) is 7.86. The van der Waals surface area contributed by atoms with Gasteiger partial charge in [-0.1, -0.05) is 5.11 Å². The topological polar surface area (TPSA) is 210 Å². The van der Waals surface area contributed by atoms with Gasteiger partial charge >= 0.3 is 23.6 Å². The first-order chi connectivity index (χ1) is 19.1. The average molecular weight is 562 g/mol. The zero-order chi connectivity index (χ0) is 29.4. The fourth-order valence-corrected chi connectivity index (χ4v) is 3.89. The molecule has 1 aromatic carbocycles. The zero-order valence-corrected chi connectivity index (χ0v) is 22.1. The number of esters is 3. The Labute approximate surface area is 226 Å². The summed E-state index contributed by atoms with van der Waals surface area (Å²) in [5.74, 6) is -2.17. The maximum atomic E-state index is 12.4. The van der Waals surface area contributed by atoms with Gasteiger partial charge < -0.3 is 28.4 Å². The van der Waals surface area contributed by atoms with E-state index in [0.717, 1.165) is 4.57 Å². The number of carbonyl (C=O) groups is 3. The minimum Gasteiger partial charge on any atom is -0.493 e. The molecule has 0 unspecified atom stereocenters. The molecule has 0 saturated carbocycles. The summed E-state index contributed by atoms with van der Waals surface area (Å²) in [4.78, 5) is 65.6. The Balaban J connectivity index is 1.54. The zero-order valence-electron chi connectivity index (χ0n) is 22.1. The van der Waals surface area contributed by atoms with Crippen LogP contribution in [0.25, 0.3) is 10.4 Å². The predicted molar refractivity (Wildman–Crippen MR) is 134 cm³/mol. The van der Waals surface area contributed by atoms with E-state index >= 15 is 0 Å². The van der Waals surface area contributed by atoms with Gasteiger partial charge in [-0.2, -0.15) is 0 Å². The Morgan fingerprint density at radius 2 is 1.75 bits per heavy atom. The number of aryl methyl sites for hydroxylation is 1. The summed E-state index contributed by atoms with van der Waals surface area (Å²) in [6.07, 6.45) is -1.24. The van der Waals surface area contributed by atoms with Crippen LogP contribution < -0.4 is 25.5 Å². The molecular weight excluding hydrogens is 534 g/mol. The van der Waals surface area contributed by atoms with Crippen LogP contribution in [0.5, 0.6) is 17.2 Å². The molecular formula is C24H27N5O11. The maximum absolute atomic E-state index is 12.4. The Kier molecular flexibility index (Phi) is 9.89. The number of hydrogen-bond donors (Lipinski definition) is 1. The highest BCUT2D eigenvalue weighted by molar-refractivity contribution is 5.98. The van der Waals surface area contributed by atoms with Crippen LogP contribution >= 0.6 is 0 Å². The Morgan fingerprint density at radius 3 is 2.35 bits per heavy atom. The van der Waals surface area contributed by atoms with E-state index < -0.39 is 60.4 Å². The van der Waals surface area contributed by atoms with E-state index in [1.165, 1.54) is 46.6 Å². The number of nitrogens with one attached hydrogen (secondary N) is 1. The van der Waals surface area contributed by atoms with Crippen LogP contribution in [0.4, 0.5) is 0 Å². The number of azide groups is 1. The molecule has 1 aliphatic heterocycles. The van der Waals surface area contributed by atoms with E-state index in [1.54, 1.807) is 0 Å². The lowest BCUT2D eigenvalue weighted by Crippen LogP contribution is -2.33. The molecule has 1 aliphatic rings. The van der Waals surface area contributed by atoms with E-state index in [2.05, 4.69) is 15.0 Å². The van der Waals surface area contributed by atoms with E-state index in [4.69, 9.17) is 34.0 Å². The lowest BCUT2D eigenvalue weighted by Gasteiger charge is -2.16. The molecule has 40 heavy (non-hydrogen) atoms. The third kappa shape index (κ3) is 6.98. The lowest BCUT2D eigenvalue weighted by atomic mass is 10.1. The first-order valence-corrected chi connectivity index (χ1v) is 11.8. The standard InChI is InChI=1S/C24H27N5O11/c1-12-10-29(24(34)26-22(12)32)18-9-14(27-28-25)17(39-18)11-38-19(30)5-6-20(31)40-23(33)13-7-15(35-2)21(37-4)16(8-13)36-3/h7-8,10,14,17-18H,5-6,9,11H2,1-4H3,(H,26,32,34)/t14-,17+,18+/m0/s1. The van der Waals surface area contributed by atoms with Crippen LogP contribution in [-0.4, -0.2) is 67.5 Å². The summed E-state index contributed by atoms with van der Waals surface area (Å²) in [7, 11) is 4.11. The van der Waals surface area contributed by atoms with Gasteiger partial charge in [-0.25, -0.2) is 9.59 Å². The maximum Gasteiger partial charge on any atom is 0.346 e. The number of aromatic nitrogens is 2. The van der Waals surface area contributed by atoms with Crippen molar-refractivity contribution in [3.05, 3.63) is 60.7 Å². The first-order valence-electron chi connectivity index (χ1n) is 11.8. The van der Waals surface area contributed by atoms with E-state index in [9.17, 15) is 24.0 Å². The van der Waals surface area contributed by atoms with Gasteiger partial charge in [0.1, 0.15) is 18.9 Å². The molecule has 0 spiro atoms. The fourth-order valence-electron chi connectivity index (χ4n) is 3.89. The summed E-state index contributed by atoms with van der Waals surface area (Å²) < 4.78 is 32.4. The molecule has 3 atom stereocenters. The number of ether oxygens (including phenoxy) is 6. The third-order valence-electron chi connectivity index (χ3n) is 5.91. The van der Waals surface area contributed by atoms with Crippen molar-refractivity contribution in [3.63, 3.8) is 0 Å². The molecule has 1 saturated heterocycles. The minimum absolute atomic E-state index is 0.0424. The van der Waals surface area contributed by atoms with Crippen LogP contribution in [0, 0.1) is 6.92 Å². The number of benzene rings is 1. The summed E-state index contributed by atoms with van der Waals surface area (Å²) in [6.45, 7) is 1.17. The van der Waals surface area contributed by atoms with Crippen molar-refractivity contribution in [2.24, 2.45) is 5.11 Å². The number of methoxy groups -OCH3 is 3. The molecule has 214 valence electrons. The number of H-pyrrole nitrogens is 1. The van der Waals surface area contributed by atoms with Crippen LogP contribution in [0.15, 0.2) is 33.0 Å². The molecule has 0 aliphatic carbocycles.